The van der Waals surface area contributed by atoms with Gasteiger partial charge in [0.05, 0.1) is 17.8 Å². The van der Waals surface area contributed by atoms with E-state index in [0.717, 1.165) is 30.3 Å². The van der Waals surface area contributed by atoms with Crippen molar-refractivity contribution in [2.75, 3.05) is 36.2 Å². The van der Waals surface area contributed by atoms with Crippen LogP contribution in [0.25, 0.3) is 0 Å². The number of nitrogens with zero attached hydrogens (tertiary/aromatic N) is 4. The lowest BCUT2D eigenvalue weighted by molar-refractivity contribution is -0.134. The summed E-state index contributed by atoms with van der Waals surface area (Å²) in [5.74, 6) is 3.01. The van der Waals surface area contributed by atoms with Crippen LogP contribution in [-0.2, 0) is 4.79 Å². The summed E-state index contributed by atoms with van der Waals surface area (Å²) in [6, 6.07) is -0.372. The average molecular weight is 338 g/mol. The molecule has 0 aliphatic carbocycles. The van der Waals surface area contributed by atoms with Gasteiger partial charge >= 0.3 is 0 Å². The van der Waals surface area contributed by atoms with Crippen LogP contribution in [0.2, 0.25) is 0 Å². The van der Waals surface area contributed by atoms with Gasteiger partial charge in [0.2, 0.25) is 5.91 Å². The number of rotatable bonds is 2. The third-order valence-corrected chi connectivity index (χ3v) is 5.71. The van der Waals surface area contributed by atoms with Crippen LogP contribution in [-0.4, -0.2) is 73.8 Å². The minimum atomic E-state index is -0.372. The molecular weight excluding hydrogens is 320 g/mol. The fourth-order valence-corrected chi connectivity index (χ4v) is 4.54. The second kappa shape index (κ2) is 6.87. The second-order valence-corrected chi connectivity index (χ2v) is 7.50. The Bertz CT molecular complexity index is 560. The van der Waals surface area contributed by atoms with E-state index in [1.807, 2.05) is 23.6 Å². The van der Waals surface area contributed by atoms with Crippen molar-refractivity contribution in [3.63, 3.8) is 0 Å². The van der Waals surface area contributed by atoms with Crippen LogP contribution >= 0.6 is 23.5 Å². The molecule has 0 spiro atoms. The molecule has 1 aromatic rings. The summed E-state index contributed by atoms with van der Waals surface area (Å²) in [4.78, 5) is 37.0. The minimum Gasteiger partial charge on any atom is -0.339 e. The molecule has 0 aromatic carbocycles. The van der Waals surface area contributed by atoms with E-state index in [1.54, 1.807) is 22.9 Å². The Hall–Kier alpha value is -1.28. The average Bonchev–Trinajstić information content (AvgIpc) is 3.04. The van der Waals surface area contributed by atoms with Gasteiger partial charge in [-0.1, -0.05) is 0 Å². The molecule has 2 saturated heterocycles. The van der Waals surface area contributed by atoms with Crippen LogP contribution in [0.3, 0.4) is 0 Å². The first-order chi connectivity index (χ1) is 10.7. The predicted molar refractivity (Wildman–Crippen MR) is 88.0 cm³/mol. The maximum atomic E-state index is 12.7. The Kier molecular flexibility index (Phi) is 4.87. The first kappa shape index (κ1) is 15.6. The summed E-state index contributed by atoms with van der Waals surface area (Å²) in [6.07, 6.45) is 3.06. The maximum Gasteiger partial charge on any atom is 0.275 e. The fraction of sp³-hybridized carbons (Fsp3) is 0.571. The van der Waals surface area contributed by atoms with Gasteiger partial charge in [0, 0.05) is 36.5 Å². The molecule has 3 rings (SSSR count). The van der Waals surface area contributed by atoms with E-state index >= 15 is 0 Å². The Balaban J connectivity index is 1.73. The van der Waals surface area contributed by atoms with E-state index < -0.39 is 0 Å². The molecule has 2 aliphatic rings. The molecule has 0 N–H and O–H groups in total. The van der Waals surface area contributed by atoms with E-state index in [-0.39, 0.29) is 17.9 Å². The zero-order valence-corrected chi connectivity index (χ0v) is 14.0. The number of amides is 2. The van der Waals surface area contributed by atoms with E-state index in [0.29, 0.717) is 17.3 Å². The summed E-state index contributed by atoms with van der Waals surface area (Å²) in [5, 5.41) is 0. The second-order valence-electron chi connectivity index (χ2n) is 5.27. The molecule has 0 saturated carbocycles. The highest BCUT2D eigenvalue weighted by Crippen LogP contribution is 2.25. The zero-order chi connectivity index (χ0) is 15.5. The highest BCUT2D eigenvalue weighted by Gasteiger charge is 2.38. The van der Waals surface area contributed by atoms with Gasteiger partial charge in [-0.2, -0.15) is 11.8 Å². The smallest absolute Gasteiger partial charge is 0.275 e. The molecule has 22 heavy (non-hydrogen) atoms. The molecule has 1 atom stereocenters. The van der Waals surface area contributed by atoms with Crippen molar-refractivity contribution < 1.29 is 9.59 Å². The van der Waals surface area contributed by atoms with Crippen LogP contribution in [0.1, 0.15) is 16.2 Å². The van der Waals surface area contributed by atoms with Crippen molar-refractivity contribution in [3.8, 4) is 0 Å². The third-order valence-electron chi connectivity index (χ3n) is 3.75. The highest BCUT2D eigenvalue weighted by atomic mass is 32.2. The van der Waals surface area contributed by atoms with E-state index in [9.17, 15) is 9.59 Å². The van der Waals surface area contributed by atoms with Gasteiger partial charge in [-0.05, 0) is 6.92 Å². The Morgan fingerprint density at radius 1 is 1.18 bits per heavy atom. The summed E-state index contributed by atoms with van der Waals surface area (Å²) in [6.45, 7) is 3.38. The molecule has 0 radical (unpaired) electrons. The quantitative estimate of drug-likeness (QED) is 0.797. The molecule has 2 amide bonds. The van der Waals surface area contributed by atoms with Crippen LogP contribution in [0, 0.1) is 6.92 Å². The van der Waals surface area contributed by atoms with Crippen LogP contribution in [0.4, 0.5) is 0 Å². The van der Waals surface area contributed by atoms with Gasteiger partial charge in [0.15, 0.2) is 0 Å². The molecule has 1 unspecified atom stereocenters. The Morgan fingerprint density at radius 3 is 2.64 bits per heavy atom. The molecular formula is C14H18N4O2S2. The topological polar surface area (TPSA) is 66.4 Å². The van der Waals surface area contributed by atoms with Crippen molar-refractivity contribution in [3.05, 3.63) is 23.8 Å². The van der Waals surface area contributed by atoms with Crippen molar-refractivity contribution in [2.45, 2.75) is 13.0 Å². The number of aryl methyl sites for hydroxylation is 1. The minimum absolute atomic E-state index is 0.0683. The Morgan fingerprint density at radius 2 is 1.95 bits per heavy atom. The highest BCUT2D eigenvalue weighted by molar-refractivity contribution is 7.99. The normalized spacial score (nSPS) is 22.0. The molecule has 3 heterocycles. The monoisotopic (exact) mass is 338 g/mol. The van der Waals surface area contributed by atoms with E-state index in [2.05, 4.69) is 9.97 Å². The van der Waals surface area contributed by atoms with Gasteiger partial charge < -0.3 is 9.80 Å². The van der Waals surface area contributed by atoms with Crippen molar-refractivity contribution in [1.29, 1.82) is 0 Å². The van der Waals surface area contributed by atoms with Crippen LogP contribution in [0.15, 0.2) is 12.4 Å². The van der Waals surface area contributed by atoms with E-state index in [4.69, 9.17) is 0 Å². The number of thioether (sulfide) groups is 2. The lowest BCUT2D eigenvalue weighted by Gasteiger charge is -2.31. The molecule has 1 aromatic heterocycles. The summed E-state index contributed by atoms with van der Waals surface area (Å²) in [7, 11) is 0. The van der Waals surface area contributed by atoms with Gasteiger partial charge in [0.1, 0.15) is 11.7 Å². The van der Waals surface area contributed by atoms with Crippen LogP contribution < -0.4 is 0 Å². The van der Waals surface area contributed by atoms with Crippen molar-refractivity contribution >= 4 is 35.3 Å². The first-order valence-corrected chi connectivity index (χ1v) is 9.51. The van der Waals surface area contributed by atoms with Gasteiger partial charge in [-0.25, -0.2) is 4.98 Å². The molecule has 2 fully saturated rings. The summed E-state index contributed by atoms with van der Waals surface area (Å²) < 4.78 is 0. The SMILES string of the molecule is Cc1cnc(C(=O)N2CSCC2C(=O)N2CCSCC2)cn1. The molecule has 2 aliphatic heterocycles. The zero-order valence-electron chi connectivity index (χ0n) is 12.4. The largest absolute Gasteiger partial charge is 0.339 e. The lowest BCUT2D eigenvalue weighted by atomic mass is 10.2. The molecule has 8 heteroatoms. The van der Waals surface area contributed by atoms with Crippen molar-refractivity contribution in [2.24, 2.45) is 0 Å². The number of hydrogen-bond acceptors (Lipinski definition) is 6. The first-order valence-electron chi connectivity index (χ1n) is 7.20. The van der Waals surface area contributed by atoms with E-state index in [1.165, 1.54) is 6.20 Å². The number of hydrogen-bond donors (Lipinski definition) is 0. The van der Waals surface area contributed by atoms with Gasteiger partial charge in [-0.15, -0.1) is 11.8 Å². The summed E-state index contributed by atoms with van der Waals surface area (Å²) >= 11 is 3.48. The lowest BCUT2D eigenvalue weighted by Crippen LogP contribution is -2.51. The van der Waals surface area contributed by atoms with Gasteiger partial charge in [-0.3, -0.25) is 14.6 Å². The van der Waals surface area contributed by atoms with Crippen molar-refractivity contribution in [1.82, 2.24) is 19.8 Å². The standard InChI is InChI=1S/C14H18N4O2S2/c1-10-6-16-11(7-15-10)13(19)18-9-22-8-12(18)14(20)17-2-4-21-5-3-17/h6-7,12H,2-5,8-9H2,1H3. The molecule has 0 bridgehead atoms. The predicted octanol–water partition coefficient (Wildman–Crippen LogP) is 0.876. The number of carbonyl (C=O) groups excluding carboxylic acids is 2. The Labute approximate surface area is 138 Å². The van der Waals surface area contributed by atoms with Gasteiger partial charge in [0.25, 0.3) is 5.91 Å². The number of aromatic nitrogens is 2. The molecule has 118 valence electrons. The molecule has 6 nitrogen and oxygen atoms in total. The fourth-order valence-electron chi connectivity index (χ4n) is 2.49. The third kappa shape index (κ3) is 3.22. The summed E-state index contributed by atoms with van der Waals surface area (Å²) in [5.41, 5.74) is 1.07. The van der Waals surface area contributed by atoms with Crippen LogP contribution in [0.5, 0.6) is 0 Å². The number of carbonyl (C=O) groups is 2. The maximum absolute atomic E-state index is 12.7.